The Hall–Kier alpha value is -2.50. The summed E-state index contributed by atoms with van der Waals surface area (Å²) in [6, 6.07) is 8.09. The average molecular weight is 301 g/mol. The fourth-order valence-corrected chi connectivity index (χ4v) is 2.12. The molecule has 0 amide bonds. The molecule has 0 fully saturated rings. The van der Waals surface area contributed by atoms with Crippen LogP contribution in [-0.2, 0) is 13.1 Å². The molecule has 0 atom stereocenters. The van der Waals surface area contributed by atoms with Gasteiger partial charge in [0.15, 0.2) is 5.96 Å². The molecular formula is C16H23N5O. The standard InChI is InChI=1S/C16H23N5O/c1-13-5-6-14(15(11-13)22-3)12-19-16(17-2)18-8-10-21-9-4-7-20-21/h4-7,9,11H,8,10,12H2,1-3H3,(H2,17,18,19). The van der Waals surface area contributed by atoms with Crippen molar-refractivity contribution in [3.8, 4) is 5.75 Å². The molecule has 1 aromatic heterocycles. The Morgan fingerprint density at radius 1 is 1.36 bits per heavy atom. The summed E-state index contributed by atoms with van der Waals surface area (Å²) in [6.07, 6.45) is 3.71. The topological polar surface area (TPSA) is 63.5 Å². The van der Waals surface area contributed by atoms with Gasteiger partial charge < -0.3 is 15.4 Å². The number of aromatic nitrogens is 2. The van der Waals surface area contributed by atoms with E-state index >= 15 is 0 Å². The normalized spacial score (nSPS) is 11.3. The smallest absolute Gasteiger partial charge is 0.191 e. The van der Waals surface area contributed by atoms with Crippen LogP contribution in [0.1, 0.15) is 11.1 Å². The Bertz CT molecular complexity index is 607. The Labute approximate surface area is 131 Å². The first kappa shape index (κ1) is 15.9. The van der Waals surface area contributed by atoms with Crippen molar-refractivity contribution in [3.05, 3.63) is 47.8 Å². The minimum atomic E-state index is 0.658. The van der Waals surface area contributed by atoms with Crippen LogP contribution in [0.25, 0.3) is 0 Å². The lowest BCUT2D eigenvalue weighted by Gasteiger charge is -2.14. The molecule has 2 aromatic rings. The monoisotopic (exact) mass is 301 g/mol. The van der Waals surface area contributed by atoms with E-state index in [2.05, 4.69) is 39.8 Å². The lowest BCUT2D eigenvalue weighted by molar-refractivity contribution is 0.408. The number of hydrogen-bond donors (Lipinski definition) is 2. The van der Waals surface area contributed by atoms with Gasteiger partial charge in [0.25, 0.3) is 0 Å². The second kappa shape index (κ2) is 8.07. The lowest BCUT2D eigenvalue weighted by Crippen LogP contribution is -2.38. The second-order valence-corrected chi connectivity index (χ2v) is 4.94. The molecule has 0 saturated heterocycles. The van der Waals surface area contributed by atoms with Crippen molar-refractivity contribution in [2.45, 2.75) is 20.0 Å². The number of nitrogens with zero attached hydrogens (tertiary/aromatic N) is 3. The Kier molecular flexibility index (Phi) is 5.82. The van der Waals surface area contributed by atoms with Crippen LogP contribution < -0.4 is 15.4 Å². The highest BCUT2D eigenvalue weighted by Crippen LogP contribution is 2.19. The fraction of sp³-hybridized carbons (Fsp3) is 0.375. The van der Waals surface area contributed by atoms with Crippen LogP contribution >= 0.6 is 0 Å². The van der Waals surface area contributed by atoms with E-state index in [0.29, 0.717) is 6.54 Å². The molecule has 2 N–H and O–H groups in total. The van der Waals surface area contributed by atoms with E-state index in [4.69, 9.17) is 4.74 Å². The van der Waals surface area contributed by atoms with Crippen LogP contribution in [0.5, 0.6) is 5.75 Å². The third-order valence-corrected chi connectivity index (χ3v) is 3.31. The third-order valence-electron chi connectivity index (χ3n) is 3.31. The van der Waals surface area contributed by atoms with Crippen molar-refractivity contribution >= 4 is 5.96 Å². The van der Waals surface area contributed by atoms with Crippen molar-refractivity contribution in [1.29, 1.82) is 0 Å². The molecule has 0 unspecified atom stereocenters. The van der Waals surface area contributed by atoms with E-state index < -0.39 is 0 Å². The lowest BCUT2D eigenvalue weighted by atomic mass is 10.1. The highest BCUT2D eigenvalue weighted by Gasteiger charge is 2.04. The molecule has 0 bridgehead atoms. The highest BCUT2D eigenvalue weighted by atomic mass is 16.5. The van der Waals surface area contributed by atoms with E-state index in [1.807, 2.05) is 23.0 Å². The summed E-state index contributed by atoms with van der Waals surface area (Å²) in [7, 11) is 3.45. The Morgan fingerprint density at radius 2 is 2.23 bits per heavy atom. The van der Waals surface area contributed by atoms with Gasteiger partial charge in [0.1, 0.15) is 5.75 Å². The first-order valence-corrected chi connectivity index (χ1v) is 7.28. The number of hydrogen-bond acceptors (Lipinski definition) is 3. The molecule has 0 radical (unpaired) electrons. The van der Waals surface area contributed by atoms with E-state index in [1.165, 1.54) is 5.56 Å². The van der Waals surface area contributed by atoms with Crippen LogP contribution in [0.3, 0.4) is 0 Å². The number of aryl methyl sites for hydroxylation is 1. The number of benzene rings is 1. The van der Waals surface area contributed by atoms with Crippen LogP contribution in [0.15, 0.2) is 41.7 Å². The Balaban J connectivity index is 1.83. The number of aliphatic imine (C=N–C) groups is 1. The van der Waals surface area contributed by atoms with E-state index in [9.17, 15) is 0 Å². The third kappa shape index (κ3) is 4.51. The molecular weight excluding hydrogens is 278 g/mol. The van der Waals surface area contributed by atoms with Gasteiger partial charge in [0.05, 0.1) is 13.7 Å². The quantitative estimate of drug-likeness (QED) is 0.628. The van der Waals surface area contributed by atoms with Gasteiger partial charge in [-0.15, -0.1) is 0 Å². The SMILES string of the molecule is CN=C(NCCn1cccn1)NCc1ccc(C)cc1OC. The van der Waals surface area contributed by atoms with Crippen LogP contribution in [-0.4, -0.2) is 36.4 Å². The number of rotatable bonds is 6. The van der Waals surface area contributed by atoms with Gasteiger partial charge in [-0.1, -0.05) is 12.1 Å². The number of ether oxygens (including phenoxy) is 1. The highest BCUT2D eigenvalue weighted by molar-refractivity contribution is 5.79. The van der Waals surface area contributed by atoms with Crippen LogP contribution in [0.4, 0.5) is 0 Å². The number of methoxy groups -OCH3 is 1. The zero-order valence-electron chi connectivity index (χ0n) is 13.3. The predicted octanol–water partition coefficient (Wildman–Crippen LogP) is 1.57. The van der Waals surface area contributed by atoms with Crippen molar-refractivity contribution in [2.75, 3.05) is 20.7 Å². The molecule has 0 spiro atoms. The minimum absolute atomic E-state index is 0.658. The maximum atomic E-state index is 5.41. The van der Waals surface area contributed by atoms with Gasteiger partial charge in [0, 0.05) is 38.1 Å². The van der Waals surface area contributed by atoms with Crippen molar-refractivity contribution in [2.24, 2.45) is 4.99 Å². The molecule has 6 nitrogen and oxygen atoms in total. The van der Waals surface area contributed by atoms with Gasteiger partial charge in [0.2, 0.25) is 0 Å². The van der Waals surface area contributed by atoms with Crippen molar-refractivity contribution in [3.63, 3.8) is 0 Å². The molecule has 1 aromatic carbocycles. The first-order chi connectivity index (χ1) is 10.7. The summed E-state index contributed by atoms with van der Waals surface area (Å²) >= 11 is 0. The first-order valence-electron chi connectivity index (χ1n) is 7.28. The fourth-order valence-electron chi connectivity index (χ4n) is 2.12. The van der Waals surface area contributed by atoms with Crippen LogP contribution in [0, 0.1) is 6.92 Å². The summed E-state index contributed by atoms with van der Waals surface area (Å²) in [4.78, 5) is 4.22. The zero-order chi connectivity index (χ0) is 15.8. The van der Waals surface area contributed by atoms with E-state index in [0.717, 1.165) is 30.4 Å². The molecule has 22 heavy (non-hydrogen) atoms. The largest absolute Gasteiger partial charge is 0.496 e. The summed E-state index contributed by atoms with van der Waals surface area (Å²) in [5.74, 6) is 1.65. The molecule has 1 heterocycles. The van der Waals surface area contributed by atoms with Crippen LogP contribution in [0.2, 0.25) is 0 Å². The van der Waals surface area contributed by atoms with Gasteiger partial charge in [-0.25, -0.2) is 0 Å². The summed E-state index contributed by atoms with van der Waals surface area (Å²) in [5, 5.41) is 10.7. The maximum Gasteiger partial charge on any atom is 0.191 e. The summed E-state index contributed by atoms with van der Waals surface area (Å²) < 4.78 is 7.29. The predicted molar refractivity (Wildman–Crippen MR) is 88.2 cm³/mol. The molecule has 0 aliphatic carbocycles. The van der Waals surface area contributed by atoms with Gasteiger partial charge in [-0.05, 0) is 24.6 Å². The molecule has 0 saturated carbocycles. The zero-order valence-corrected chi connectivity index (χ0v) is 13.3. The Morgan fingerprint density at radius 3 is 2.91 bits per heavy atom. The molecule has 2 rings (SSSR count). The number of nitrogens with one attached hydrogen (secondary N) is 2. The summed E-state index contributed by atoms with van der Waals surface area (Å²) in [6.45, 7) is 4.26. The van der Waals surface area contributed by atoms with Gasteiger partial charge in [-0.2, -0.15) is 5.10 Å². The summed E-state index contributed by atoms with van der Waals surface area (Å²) in [5.41, 5.74) is 2.28. The average Bonchev–Trinajstić information content (AvgIpc) is 3.04. The van der Waals surface area contributed by atoms with Gasteiger partial charge in [-0.3, -0.25) is 9.67 Å². The maximum absolute atomic E-state index is 5.41. The minimum Gasteiger partial charge on any atom is -0.496 e. The second-order valence-electron chi connectivity index (χ2n) is 4.94. The van der Waals surface area contributed by atoms with Crippen molar-refractivity contribution in [1.82, 2.24) is 20.4 Å². The molecule has 118 valence electrons. The molecule has 6 heteroatoms. The number of guanidine groups is 1. The van der Waals surface area contributed by atoms with Crippen molar-refractivity contribution < 1.29 is 4.74 Å². The van der Waals surface area contributed by atoms with E-state index in [1.54, 1.807) is 20.4 Å². The molecule has 0 aliphatic heterocycles. The van der Waals surface area contributed by atoms with E-state index in [-0.39, 0.29) is 0 Å². The molecule has 0 aliphatic rings. The van der Waals surface area contributed by atoms with Gasteiger partial charge >= 0.3 is 0 Å².